The molecular weight excluding hydrogens is 208 g/mol. The van der Waals surface area contributed by atoms with Crippen LogP contribution < -0.4 is 0 Å². The van der Waals surface area contributed by atoms with Crippen molar-refractivity contribution in [3.8, 4) is 0 Å². The summed E-state index contributed by atoms with van der Waals surface area (Å²) in [5.74, 6) is 1.12. The molecular formula is C16H24O. The van der Waals surface area contributed by atoms with Gasteiger partial charge in [-0.25, -0.2) is 0 Å². The van der Waals surface area contributed by atoms with Crippen LogP contribution in [0.5, 0.6) is 0 Å². The van der Waals surface area contributed by atoms with Crippen LogP contribution >= 0.6 is 0 Å². The standard InChI is InChI=1S/C16H24O/c1-13-9-11-15(12-10-13)16(17)14-7-5-3-2-4-6-8-14/h7,11,13H,2-6,8-10,12H2,1H3. The summed E-state index contributed by atoms with van der Waals surface area (Å²) in [7, 11) is 0. The Hall–Kier alpha value is -0.850. The van der Waals surface area contributed by atoms with E-state index in [1.165, 1.54) is 32.1 Å². The normalized spacial score (nSPS) is 26.5. The second-order valence-electron chi connectivity index (χ2n) is 5.62. The summed E-state index contributed by atoms with van der Waals surface area (Å²) < 4.78 is 0. The Morgan fingerprint density at radius 1 is 1.06 bits per heavy atom. The first-order valence-corrected chi connectivity index (χ1v) is 7.20. The maximum atomic E-state index is 12.4. The fourth-order valence-corrected chi connectivity index (χ4v) is 2.78. The molecule has 0 saturated carbocycles. The van der Waals surface area contributed by atoms with Gasteiger partial charge < -0.3 is 0 Å². The molecule has 0 saturated heterocycles. The minimum absolute atomic E-state index is 0.360. The van der Waals surface area contributed by atoms with Crippen LogP contribution in [0.4, 0.5) is 0 Å². The van der Waals surface area contributed by atoms with Crippen molar-refractivity contribution in [2.75, 3.05) is 0 Å². The summed E-state index contributed by atoms with van der Waals surface area (Å²) in [6.07, 6.45) is 14.9. The van der Waals surface area contributed by atoms with Crippen LogP contribution in [0, 0.1) is 5.92 Å². The van der Waals surface area contributed by atoms with Crippen LogP contribution in [-0.2, 0) is 4.79 Å². The predicted molar refractivity (Wildman–Crippen MR) is 71.9 cm³/mol. The van der Waals surface area contributed by atoms with Crippen LogP contribution in [0.3, 0.4) is 0 Å². The number of ketones is 1. The quantitative estimate of drug-likeness (QED) is 0.681. The molecule has 2 aliphatic carbocycles. The molecule has 0 fully saturated rings. The summed E-state index contributed by atoms with van der Waals surface area (Å²) >= 11 is 0. The highest BCUT2D eigenvalue weighted by Crippen LogP contribution is 2.27. The van der Waals surface area contributed by atoms with Crippen molar-refractivity contribution in [2.24, 2.45) is 5.92 Å². The Morgan fingerprint density at radius 2 is 1.82 bits per heavy atom. The Bertz CT molecular complexity index is 335. The fraction of sp³-hybridized carbons (Fsp3) is 0.688. The Kier molecular flexibility index (Phi) is 4.58. The first kappa shape index (κ1) is 12.6. The lowest BCUT2D eigenvalue weighted by molar-refractivity contribution is -0.112. The Balaban J connectivity index is 2.02. The van der Waals surface area contributed by atoms with Gasteiger partial charge in [0, 0.05) is 0 Å². The molecule has 0 aromatic rings. The SMILES string of the molecule is CC1CC=C(C(=O)C2=CCCCCCC2)CC1. The lowest BCUT2D eigenvalue weighted by atomic mass is 9.85. The van der Waals surface area contributed by atoms with Crippen molar-refractivity contribution in [1.82, 2.24) is 0 Å². The lowest BCUT2D eigenvalue weighted by Crippen LogP contribution is -2.12. The van der Waals surface area contributed by atoms with Gasteiger partial charge in [-0.1, -0.05) is 31.9 Å². The maximum Gasteiger partial charge on any atom is 0.184 e. The van der Waals surface area contributed by atoms with Gasteiger partial charge in [-0.15, -0.1) is 0 Å². The van der Waals surface area contributed by atoms with Crippen molar-refractivity contribution in [3.63, 3.8) is 0 Å². The van der Waals surface area contributed by atoms with Crippen molar-refractivity contribution in [1.29, 1.82) is 0 Å². The minimum atomic E-state index is 0.360. The molecule has 1 nitrogen and oxygen atoms in total. The van der Waals surface area contributed by atoms with Gasteiger partial charge in [0.2, 0.25) is 0 Å². The van der Waals surface area contributed by atoms with E-state index in [1.54, 1.807) is 0 Å². The molecule has 0 heterocycles. The summed E-state index contributed by atoms with van der Waals surface area (Å²) in [4.78, 5) is 12.4. The zero-order chi connectivity index (χ0) is 12.1. The van der Waals surface area contributed by atoms with Gasteiger partial charge in [0.25, 0.3) is 0 Å². The summed E-state index contributed by atoms with van der Waals surface area (Å²) in [5.41, 5.74) is 2.19. The van der Waals surface area contributed by atoms with E-state index < -0.39 is 0 Å². The molecule has 0 bridgehead atoms. The van der Waals surface area contributed by atoms with E-state index in [9.17, 15) is 4.79 Å². The average molecular weight is 232 g/mol. The molecule has 2 aliphatic rings. The van der Waals surface area contributed by atoms with Gasteiger partial charge in [-0.05, 0) is 62.0 Å². The van der Waals surface area contributed by atoms with E-state index in [0.717, 1.165) is 42.7 Å². The summed E-state index contributed by atoms with van der Waals surface area (Å²) in [5, 5.41) is 0. The van der Waals surface area contributed by atoms with Gasteiger partial charge in [-0.2, -0.15) is 0 Å². The summed E-state index contributed by atoms with van der Waals surface area (Å²) in [6, 6.07) is 0. The first-order valence-electron chi connectivity index (χ1n) is 7.20. The van der Waals surface area contributed by atoms with Gasteiger partial charge in [0.1, 0.15) is 0 Å². The number of hydrogen-bond donors (Lipinski definition) is 0. The first-order chi connectivity index (χ1) is 8.27. The second-order valence-corrected chi connectivity index (χ2v) is 5.62. The van der Waals surface area contributed by atoms with Gasteiger partial charge in [0.05, 0.1) is 0 Å². The molecule has 1 unspecified atom stereocenters. The molecule has 0 N–H and O–H groups in total. The maximum absolute atomic E-state index is 12.4. The third-order valence-corrected chi connectivity index (χ3v) is 4.05. The van der Waals surface area contributed by atoms with Crippen LogP contribution in [0.25, 0.3) is 0 Å². The van der Waals surface area contributed by atoms with Crippen molar-refractivity contribution < 1.29 is 4.79 Å². The molecule has 0 aromatic carbocycles. The summed E-state index contributed by atoms with van der Waals surface area (Å²) in [6.45, 7) is 2.27. The van der Waals surface area contributed by atoms with Gasteiger partial charge in [0.15, 0.2) is 5.78 Å². The van der Waals surface area contributed by atoms with E-state index in [2.05, 4.69) is 19.1 Å². The van der Waals surface area contributed by atoms with Crippen LogP contribution in [0.1, 0.15) is 64.7 Å². The third-order valence-electron chi connectivity index (χ3n) is 4.05. The highest BCUT2D eigenvalue weighted by molar-refractivity contribution is 6.08. The third kappa shape index (κ3) is 3.55. The zero-order valence-electron chi connectivity index (χ0n) is 11.0. The smallest absolute Gasteiger partial charge is 0.184 e. The van der Waals surface area contributed by atoms with Crippen LogP contribution in [0.2, 0.25) is 0 Å². The fourth-order valence-electron chi connectivity index (χ4n) is 2.78. The van der Waals surface area contributed by atoms with Gasteiger partial charge in [-0.3, -0.25) is 4.79 Å². The molecule has 17 heavy (non-hydrogen) atoms. The molecule has 1 atom stereocenters. The number of hydrogen-bond acceptors (Lipinski definition) is 1. The molecule has 2 rings (SSSR count). The largest absolute Gasteiger partial charge is 0.289 e. The van der Waals surface area contributed by atoms with Gasteiger partial charge >= 0.3 is 0 Å². The van der Waals surface area contributed by atoms with Crippen molar-refractivity contribution in [2.45, 2.75) is 64.7 Å². The number of carbonyl (C=O) groups excluding carboxylic acids is 1. The lowest BCUT2D eigenvalue weighted by Gasteiger charge is -2.19. The number of Topliss-reactive ketones (excluding diaryl/α,β-unsaturated/α-hetero) is 1. The molecule has 1 heteroatoms. The monoisotopic (exact) mass is 232 g/mol. The number of allylic oxidation sites excluding steroid dienone is 4. The predicted octanol–water partition coefficient (Wildman–Crippen LogP) is 4.58. The van der Waals surface area contributed by atoms with E-state index in [4.69, 9.17) is 0 Å². The highest BCUT2D eigenvalue weighted by Gasteiger charge is 2.19. The van der Waals surface area contributed by atoms with Crippen molar-refractivity contribution >= 4 is 5.78 Å². The van der Waals surface area contributed by atoms with E-state index in [1.807, 2.05) is 0 Å². The minimum Gasteiger partial charge on any atom is -0.289 e. The highest BCUT2D eigenvalue weighted by atomic mass is 16.1. The average Bonchev–Trinajstić information content (AvgIpc) is 2.29. The Labute approximate surface area is 105 Å². The molecule has 0 amide bonds. The number of carbonyl (C=O) groups is 1. The van der Waals surface area contributed by atoms with Crippen LogP contribution in [0.15, 0.2) is 23.3 Å². The number of rotatable bonds is 2. The second kappa shape index (κ2) is 6.18. The molecule has 0 aliphatic heterocycles. The Morgan fingerprint density at radius 3 is 2.59 bits per heavy atom. The van der Waals surface area contributed by atoms with E-state index in [-0.39, 0.29) is 0 Å². The molecule has 0 radical (unpaired) electrons. The van der Waals surface area contributed by atoms with Crippen molar-refractivity contribution in [3.05, 3.63) is 23.3 Å². The van der Waals surface area contributed by atoms with Crippen LogP contribution in [-0.4, -0.2) is 5.78 Å². The molecule has 0 aromatic heterocycles. The zero-order valence-corrected chi connectivity index (χ0v) is 11.0. The van der Waals surface area contributed by atoms with E-state index >= 15 is 0 Å². The molecule has 0 spiro atoms. The topological polar surface area (TPSA) is 17.1 Å². The molecule has 94 valence electrons. The van der Waals surface area contributed by atoms with E-state index in [0.29, 0.717) is 5.78 Å².